The number of nitrogens with zero attached hydrogens (tertiary/aromatic N) is 1. The number of hydrogen-bond donors (Lipinski definition) is 3. The van der Waals surface area contributed by atoms with Gasteiger partial charge in [-0.15, -0.1) is 0 Å². The van der Waals surface area contributed by atoms with E-state index in [1.165, 1.54) is 5.56 Å². The van der Waals surface area contributed by atoms with E-state index in [0.717, 1.165) is 25.9 Å². The van der Waals surface area contributed by atoms with Gasteiger partial charge in [0.1, 0.15) is 5.69 Å². The van der Waals surface area contributed by atoms with Crippen LogP contribution in [0.4, 0.5) is 0 Å². The molecule has 2 aromatic rings. The summed E-state index contributed by atoms with van der Waals surface area (Å²) in [5.74, 6) is 0.327. The number of H-pyrrole nitrogens is 2. The maximum atomic E-state index is 11.8. The average molecular weight is 314 g/mol. The van der Waals surface area contributed by atoms with E-state index in [2.05, 4.69) is 44.5 Å². The van der Waals surface area contributed by atoms with Crippen molar-refractivity contribution >= 4 is 5.91 Å². The fourth-order valence-electron chi connectivity index (χ4n) is 3.23. The first-order chi connectivity index (χ1) is 11.2. The highest BCUT2D eigenvalue weighted by atomic mass is 16.2. The van der Waals surface area contributed by atoms with Crippen molar-refractivity contribution in [2.24, 2.45) is 0 Å². The molecule has 1 aliphatic rings. The molecule has 1 saturated heterocycles. The zero-order valence-electron chi connectivity index (χ0n) is 13.3. The summed E-state index contributed by atoms with van der Waals surface area (Å²) in [4.78, 5) is 30.9. The molecule has 2 heterocycles. The Hall–Kier alpha value is -2.34. The minimum Gasteiger partial charge on any atom is -0.354 e. The lowest BCUT2D eigenvalue weighted by molar-refractivity contribution is 0.0955. The number of rotatable bonds is 4. The molecule has 0 radical (unpaired) electrons. The first-order valence-electron chi connectivity index (χ1n) is 7.98. The number of amides is 1. The molecule has 1 amide bonds. The Bertz CT molecular complexity index is 712. The summed E-state index contributed by atoms with van der Waals surface area (Å²) in [6.45, 7) is 2.50. The topological polar surface area (TPSA) is 81.0 Å². The van der Waals surface area contributed by atoms with Crippen LogP contribution in [0.3, 0.4) is 0 Å². The van der Waals surface area contributed by atoms with Crippen LogP contribution in [0.1, 0.15) is 40.5 Å². The van der Waals surface area contributed by atoms with Gasteiger partial charge >= 0.3 is 5.69 Å². The molecular weight excluding hydrogens is 292 g/mol. The van der Waals surface area contributed by atoms with Gasteiger partial charge in [0.05, 0.1) is 5.69 Å². The molecule has 23 heavy (non-hydrogen) atoms. The first-order valence-corrected chi connectivity index (χ1v) is 7.98. The van der Waals surface area contributed by atoms with Crippen molar-refractivity contribution in [1.82, 2.24) is 20.2 Å². The lowest BCUT2D eigenvalue weighted by Gasteiger charge is -2.32. The molecule has 1 aromatic heterocycles. The number of carbonyl (C=O) groups is 1. The molecule has 0 saturated carbocycles. The number of hydrogen-bond acceptors (Lipinski definition) is 3. The number of carbonyl (C=O) groups excluding carboxylic acids is 1. The number of nitrogens with one attached hydrogen (secondary N) is 3. The lowest BCUT2D eigenvalue weighted by Crippen LogP contribution is -2.33. The molecule has 1 aromatic carbocycles. The molecule has 0 bridgehead atoms. The average Bonchev–Trinajstić information content (AvgIpc) is 2.96. The third kappa shape index (κ3) is 3.53. The van der Waals surface area contributed by atoms with E-state index in [9.17, 15) is 9.59 Å². The fraction of sp³-hybridized carbons (Fsp3) is 0.412. The van der Waals surface area contributed by atoms with Crippen LogP contribution in [-0.4, -0.2) is 40.9 Å². The van der Waals surface area contributed by atoms with E-state index in [1.807, 2.05) is 6.07 Å². The molecule has 1 aliphatic heterocycles. The van der Waals surface area contributed by atoms with Crippen LogP contribution in [0, 0.1) is 0 Å². The third-order valence-corrected chi connectivity index (χ3v) is 4.50. The fourth-order valence-corrected chi connectivity index (χ4v) is 3.23. The number of aromatic nitrogens is 2. The molecule has 6 nitrogen and oxygen atoms in total. The zero-order chi connectivity index (χ0) is 16.2. The summed E-state index contributed by atoms with van der Waals surface area (Å²) in [7, 11) is 1.56. The summed E-state index contributed by atoms with van der Waals surface area (Å²) < 4.78 is 0. The SMILES string of the molecule is CNC(=O)c1[nH]c(=O)[nH]c1CN1CCC(c2ccccc2)CC1. The van der Waals surface area contributed by atoms with Crippen molar-refractivity contribution in [2.75, 3.05) is 20.1 Å². The summed E-state index contributed by atoms with van der Waals surface area (Å²) in [6.07, 6.45) is 2.18. The van der Waals surface area contributed by atoms with E-state index in [1.54, 1.807) is 7.05 Å². The Morgan fingerprint density at radius 1 is 1.22 bits per heavy atom. The molecule has 0 aliphatic carbocycles. The Kier molecular flexibility index (Phi) is 4.62. The molecule has 0 unspecified atom stereocenters. The normalized spacial score (nSPS) is 16.4. The highest BCUT2D eigenvalue weighted by Crippen LogP contribution is 2.28. The summed E-state index contributed by atoms with van der Waals surface area (Å²) in [5.41, 5.74) is 2.06. The summed E-state index contributed by atoms with van der Waals surface area (Å²) in [5, 5.41) is 2.55. The monoisotopic (exact) mass is 314 g/mol. The second-order valence-electron chi connectivity index (χ2n) is 5.97. The Balaban J connectivity index is 1.63. The maximum absolute atomic E-state index is 11.8. The van der Waals surface area contributed by atoms with Gasteiger partial charge in [-0.05, 0) is 37.4 Å². The van der Waals surface area contributed by atoms with Gasteiger partial charge in [0.25, 0.3) is 5.91 Å². The zero-order valence-corrected chi connectivity index (χ0v) is 13.3. The molecule has 122 valence electrons. The van der Waals surface area contributed by atoms with E-state index >= 15 is 0 Å². The Morgan fingerprint density at radius 3 is 2.57 bits per heavy atom. The Labute approximate surface area is 134 Å². The second-order valence-corrected chi connectivity index (χ2v) is 5.97. The number of imidazole rings is 1. The lowest BCUT2D eigenvalue weighted by atomic mass is 9.89. The van der Waals surface area contributed by atoms with Crippen LogP contribution < -0.4 is 11.0 Å². The third-order valence-electron chi connectivity index (χ3n) is 4.50. The number of piperidine rings is 1. The Morgan fingerprint density at radius 2 is 1.91 bits per heavy atom. The van der Waals surface area contributed by atoms with Crippen molar-refractivity contribution in [3.63, 3.8) is 0 Å². The van der Waals surface area contributed by atoms with Crippen LogP contribution >= 0.6 is 0 Å². The number of aromatic amines is 2. The van der Waals surface area contributed by atoms with Crippen LogP contribution in [0.25, 0.3) is 0 Å². The van der Waals surface area contributed by atoms with E-state index < -0.39 is 0 Å². The highest BCUT2D eigenvalue weighted by Gasteiger charge is 2.23. The van der Waals surface area contributed by atoms with Gasteiger partial charge in [0.2, 0.25) is 0 Å². The van der Waals surface area contributed by atoms with E-state index in [4.69, 9.17) is 0 Å². The van der Waals surface area contributed by atoms with Crippen LogP contribution in [0.5, 0.6) is 0 Å². The smallest absolute Gasteiger partial charge is 0.323 e. The van der Waals surface area contributed by atoms with Crippen molar-refractivity contribution in [3.8, 4) is 0 Å². The standard InChI is InChI=1S/C17H22N4O2/c1-18-16(22)15-14(19-17(23)20-15)11-21-9-7-13(8-10-21)12-5-3-2-4-6-12/h2-6,13H,7-11H2,1H3,(H,18,22)(H2,19,20,23). The maximum Gasteiger partial charge on any atom is 0.323 e. The molecule has 6 heteroatoms. The molecule has 1 fully saturated rings. The molecule has 3 rings (SSSR count). The van der Waals surface area contributed by atoms with Crippen molar-refractivity contribution in [2.45, 2.75) is 25.3 Å². The van der Waals surface area contributed by atoms with Crippen molar-refractivity contribution < 1.29 is 4.79 Å². The van der Waals surface area contributed by atoms with Gasteiger partial charge in [0.15, 0.2) is 0 Å². The largest absolute Gasteiger partial charge is 0.354 e. The predicted octanol–water partition coefficient (Wildman–Crippen LogP) is 1.44. The minimum atomic E-state index is -0.335. The van der Waals surface area contributed by atoms with Gasteiger partial charge in [-0.25, -0.2) is 4.79 Å². The van der Waals surface area contributed by atoms with Crippen LogP contribution in [0.2, 0.25) is 0 Å². The van der Waals surface area contributed by atoms with Gasteiger partial charge in [-0.1, -0.05) is 30.3 Å². The summed E-state index contributed by atoms with van der Waals surface area (Å²) >= 11 is 0. The van der Waals surface area contributed by atoms with E-state index in [-0.39, 0.29) is 11.6 Å². The quantitative estimate of drug-likeness (QED) is 0.799. The minimum absolute atomic E-state index is 0.266. The van der Waals surface area contributed by atoms with Crippen molar-refractivity contribution in [1.29, 1.82) is 0 Å². The van der Waals surface area contributed by atoms with Gasteiger partial charge in [-0.2, -0.15) is 0 Å². The molecule has 0 atom stereocenters. The number of benzene rings is 1. The van der Waals surface area contributed by atoms with Crippen LogP contribution in [0.15, 0.2) is 35.1 Å². The van der Waals surface area contributed by atoms with Gasteiger partial charge in [0, 0.05) is 13.6 Å². The van der Waals surface area contributed by atoms with Gasteiger partial charge in [-0.3, -0.25) is 9.69 Å². The first kappa shape index (κ1) is 15.6. The van der Waals surface area contributed by atoms with Gasteiger partial charge < -0.3 is 15.3 Å². The molecule has 0 spiro atoms. The summed E-state index contributed by atoms with van der Waals surface area (Å²) in [6, 6.07) is 10.6. The molecular formula is C17H22N4O2. The van der Waals surface area contributed by atoms with Crippen molar-refractivity contribution in [3.05, 3.63) is 57.8 Å². The second kappa shape index (κ2) is 6.83. The highest BCUT2D eigenvalue weighted by molar-refractivity contribution is 5.93. The predicted molar refractivity (Wildman–Crippen MR) is 88.5 cm³/mol. The molecule has 3 N–H and O–H groups in total. The van der Waals surface area contributed by atoms with Crippen LogP contribution in [-0.2, 0) is 6.54 Å². The van der Waals surface area contributed by atoms with E-state index in [0.29, 0.717) is 23.9 Å². The number of likely N-dealkylation sites (tertiary alicyclic amines) is 1.